The van der Waals surface area contributed by atoms with Gasteiger partial charge in [0.1, 0.15) is 5.82 Å². The van der Waals surface area contributed by atoms with Crippen LogP contribution >= 0.6 is 15.9 Å². The summed E-state index contributed by atoms with van der Waals surface area (Å²) in [6, 6.07) is 2.13. The maximum Gasteiger partial charge on any atom is 0.131 e. The van der Waals surface area contributed by atoms with Crippen molar-refractivity contribution in [2.24, 2.45) is 5.92 Å². The molecule has 1 aromatic heterocycles. The maximum absolute atomic E-state index is 4.51. The van der Waals surface area contributed by atoms with Gasteiger partial charge in [0.15, 0.2) is 0 Å². The van der Waals surface area contributed by atoms with E-state index < -0.39 is 0 Å². The van der Waals surface area contributed by atoms with Crippen LogP contribution in [0.15, 0.2) is 16.7 Å². The Labute approximate surface area is 112 Å². The lowest BCUT2D eigenvalue weighted by Gasteiger charge is -2.28. The monoisotopic (exact) mass is 297 g/mol. The normalized spacial score (nSPS) is 17.1. The molecule has 0 radical (unpaired) electrons. The Balaban J connectivity index is 2.00. The van der Waals surface area contributed by atoms with Crippen LogP contribution in [-0.2, 0) is 0 Å². The molecule has 1 N–H and O–H groups in total. The van der Waals surface area contributed by atoms with Gasteiger partial charge in [-0.05, 0) is 66.3 Å². The maximum atomic E-state index is 4.51. The molecule has 94 valence electrons. The number of nitrogens with one attached hydrogen (secondary N) is 1. The molecule has 17 heavy (non-hydrogen) atoms. The molecule has 1 fully saturated rings. The number of rotatable bonds is 3. The van der Waals surface area contributed by atoms with Crippen LogP contribution in [0.1, 0.15) is 18.4 Å². The zero-order valence-corrected chi connectivity index (χ0v) is 12.1. The fourth-order valence-corrected chi connectivity index (χ4v) is 2.92. The van der Waals surface area contributed by atoms with Crippen molar-refractivity contribution in [3.8, 4) is 0 Å². The number of pyridine rings is 1. The van der Waals surface area contributed by atoms with Gasteiger partial charge >= 0.3 is 0 Å². The van der Waals surface area contributed by atoms with Gasteiger partial charge in [0.2, 0.25) is 0 Å². The van der Waals surface area contributed by atoms with E-state index in [0.29, 0.717) is 0 Å². The molecule has 0 saturated carbocycles. The van der Waals surface area contributed by atoms with Gasteiger partial charge in [-0.15, -0.1) is 0 Å². The summed E-state index contributed by atoms with van der Waals surface area (Å²) in [4.78, 5) is 6.80. The fraction of sp³-hybridized carbons (Fsp3) is 0.615. The summed E-state index contributed by atoms with van der Waals surface area (Å²) in [5, 5.41) is 3.41. The summed E-state index contributed by atoms with van der Waals surface area (Å²) in [7, 11) is 2.14. The highest BCUT2D eigenvalue weighted by atomic mass is 79.9. The summed E-state index contributed by atoms with van der Waals surface area (Å²) in [5.41, 5.74) is 1.23. The minimum Gasteiger partial charge on any atom is -0.359 e. The van der Waals surface area contributed by atoms with Crippen molar-refractivity contribution in [2.75, 3.05) is 31.6 Å². The van der Waals surface area contributed by atoms with Gasteiger partial charge in [-0.25, -0.2) is 4.98 Å². The second-order valence-electron chi connectivity index (χ2n) is 4.87. The lowest BCUT2D eigenvalue weighted by atomic mass is 9.97. The molecule has 0 unspecified atom stereocenters. The third-order valence-corrected chi connectivity index (χ3v) is 3.80. The summed E-state index contributed by atoms with van der Waals surface area (Å²) in [5.74, 6) is 1.90. The second-order valence-corrected chi connectivity index (χ2v) is 5.78. The van der Waals surface area contributed by atoms with Crippen molar-refractivity contribution in [3.05, 3.63) is 22.3 Å². The Bertz CT molecular complexity index is 375. The summed E-state index contributed by atoms with van der Waals surface area (Å²) in [6.07, 6.45) is 4.43. The number of hydrogen-bond acceptors (Lipinski definition) is 3. The van der Waals surface area contributed by atoms with E-state index in [0.717, 1.165) is 35.8 Å². The lowest BCUT2D eigenvalue weighted by Crippen LogP contribution is -2.35. The number of anilines is 1. The van der Waals surface area contributed by atoms with Crippen molar-refractivity contribution in [2.45, 2.75) is 19.8 Å². The molecular weight excluding hydrogens is 278 g/mol. The molecule has 0 amide bonds. The number of hydrogen-bond donors (Lipinski definition) is 1. The third-order valence-electron chi connectivity index (χ3n) is 3.37. The van der Waals surface area contributed by atoms with Crippen molar-refractivity contribution in [1.82, 2.24) is 10.3 Å². The SMILES string of the molecule is Cc1cc(Br)cnc1N(C)CC1CCNCC1. The number of halogens is 1. The molecule has 2 rings (SSSR count). The van der Waals surface area contributed by atoms with Crippen LogP contribution in [-0.4, -0.2) is 31.7 Å². The van der Waals surface area contributed by atoms with Gasteiger partial charge in [-0.3, -0.25) is 0 Å². The highest BCUT2D eigenvalue weighted by Crippen LogP contribution is 2.22. The first-order valence-electron chi connectivity index (χ1n) is 6.21. The predicted molar refractivity (Wildman–Crippen MR) is 75.5 cm³/mol. The molecule has 3 nitrogen and oxygen atoms in total. The molecule has 0 bridgehead atoms. The fourth-order valence-electron chi connectivity index (χ4n) is 2.47. The minimum atomic E-state index is 0.797. The van der Waals surface area contributed by atoms with Crippen LogP contribution in [0.2, 0.25) is 0 Å². The van der Waals surface area contributed by atoms with Crippen molar-refractivity contribution in [3.63, 3.8) is 0 Å². The van der Waals surface area contributed by atoms with Crippen LogP contribution in [0.3, 0.4) is 0 Å². The van der Waals surface area contributed by atoms with E-state index in [1.807, 2.05) is 6.20 Å². The predicted octanol–water partition coefficient (Wildman–Crippen LogP) is 2.59. The molecule has 1 aliphatic rings. The highest BCUT2D eigenvalue weighted by Gasteiger charge is 2.16. The van der Waals surface area contributed by atoms with Crippen molar-refractivity contribution >= 4 is 21.7 Å². The Kier molecular flexibility index (Phi) is 4.40. The van der Waals surface area contributed by atoms with Crippen LogP contribution < -0.4 is 10.2 Å². The average molecular weight is 298 g/mol. The van der Waals surface area contributed by atoms with Gasteiger partial charge in [0.25, 0.3) is 0 Å². The largest absolute Gasteiger partial charge is 0.359 e. The molecule has 4 heteroatoms. The quantitative estimate of drug-likeness (QED) is 0.929. The molecule has 0 spiro atoms. The first-order chi connectivity index (χ1) is 8.16. The topological polar surface area (TPSA) is 28.2 Å². The third kappa shape index (κ3) is 3.42. The Morgan fingerprint density at radius 3 is 2.82 bits per heavy atom. The molecule has 0 aliphatic carbocycles. The number of aromatic nitrogens is 1. The first-order valence-corrected chi connectivity index (χ1v) is 7.00. The minimum absolute atomic E-state index is 0.797. The van der Waals surface area contributed by atoms with Crippen molar-refractivity contribution in [1.29, 1.82) is 0 Å². The number of nitrogens with zero attached hydrogens (tertiary/aromatic N) is 2. The van der Waals surface area contributed by atoms with Crippen LogP contribution in [0.25, 0.3) is 0 Å². The van der Waals surface area contributed by atoms with Crippen LogP contribution in [0.5, 0.6) is 0 Å². The van der Waals surface area contributed by atoms with E-state index in [-0.39, 0.29) is 0 Å². The van der Waals surface area contributed by atoms with E-state index in [1.54, 1.807) is 0 Å². The Morgan fingerprint density at radius 1 is 1.47 bits per heavy atom. The zero-order chi connectivity index (χ0) is 12.3. The average Bonchev–Trinajstić information content (AvgIpc) is 2.30. The molecule has 2 heterocycles. The van der Waals surface area contributed by atoms with Crippen LogP contribution in [0, 0.1) is 12.8 Å². The molecule has 0 atom stereocenters. The van der Waals surface area contributed by atoms with Crippen LogP contribution in [0.4, 0.5) is 5.82 Å². The van der Waals surface area contributed by atoms with E-state index in [4.69, 9.17) is 0 Å². The van der Waals surface area contributed by atoms with E-state index in [9.17, 15) is 0 Å². The molecule has 1 saturated heterocycles. The van der Waals surface area contributed by atoms with Gasteiger partial charge in [0.05, 0.1) is 0 Å². The van der Waals surface area contributed by atoms with Gasteiger partial charge in [0, 0.05) is 24.3 Å². The summed E-state index contributed by atoms with van der Waals surface area (Å²) >= 11 is 3.45. The highest BCUT2D eigenvalue weighted by molar-refractivity contribution is 9.10. The number of aryl methyl sites for hydroxylation is 1. The first kappa shape index (κ1) is 12.8. The van der Waals surface area contributed by atoms with E-state index in [1.165, 1.54) is 18.4 Å². The summed E-state index contributed by atoms with van der Waals surface area (Å²) < 4.78 is 1.05. The molecule has 1 aliphatic heterocycles. The zero-order valence-electron chi connectivity index (χ0n) is 10.5. The Morgan fingerprint density at radius 2 is 2.18 bits per heavy atom. The van der Waals surface area contributed by atoms with Gasteiger partial charge in [-0.2, -0.15) is 0 Å². The summed E-state index contributed by atoms with van der Waals surface area (Å²) in [6.45, 7) is 5.54. The lowest BCUT2D eigenvalue weighted by molar-refractivity contribution is 0.377. The van der Waals surface area contributed by atoms with Gasteiger partial charge < -0.3 is 10.2 Å². The van der Waals surface area contributed by atoms with E-state index >= 15 is 0 Å². The molecule has 0 aromatic carbocycles. The Hall–Kier alpha value is -0.610. The van der Waals surface area contributed by atoms with E-state index in [2.05, 4.69) is 51.2 Å². The van der Waals surface area contributed by atoms with Gasteiger partial charge in [-0.1, -0.05) is 0 Å². The van der Waals surface area contributed by atoms with Crippen molar-refractivity contribution < 1.29 is 0 Å². The number of piperidine rings is 1. The standard InChI is InChI=1S/C13H20BrN3/c1-10-7-12(14)8-16-13(10)17(2)9-11-3-5-15-6-4-11/h7-8,11,15H,3-6,9H2,1-2H3. The molecule has 1 aromatic rings. The second kappa shape index (κ2) is 5.83. The smallest absolute Gasteiger partial charge is 0.131 e. The molecular formula is C13H20BrN3.